The van der Waals surface area contributed by atoms with Crippen molar-refractivity contribution in [2.75, 3.05) is 12.3 Å². The molecule has 0 atom stereocenters. The van der Waals surface area contributed by atoms with Crippen molar-refractivity contribution in [1.29, 1.82) is 0 Å². The van der Waals surface area contributed by atoms with E-state index in [1.807, 2.05) is 0 Å². The zero-order chi connectivity index (χ0) is 14.5. The summed E-state index contributed by atoms with van der Waals surface area (Å²) in [5.74, 6) is 1.45. The molecule has 19 heavy (non-hydrogen) atoms. The first kappa shape index (κ1) is 16.1. The van der Waals surface area contributed by atoms with Crippen molar-refractivity contribution in [1.82, 2.24) is 20.1 Å². The van der Waals surface area contributed by atoms with Crippen LogP contribution in [0.3, 0.4) is 0 Å². The molecule has 0 fully saturated rings. The summed E-state index contributed by atoms with van der Waals surface area (Å²) < 4.78 is 25.2. The predicted molar refractivity (Wildman–Crippen MR) is 75.5 cm³/mol. The molecule has 1 N–H and O–H groups in total. The highest BCUT2D eigenvalue weighted by Gasteiger charge is 2.17. The lowest BCUT2D eigenvalue weighted by Gasteiger charge is -2.10. The van der Waals surface area contributed by atoms with E-state index in [1.165, 1.54) is 6.33 Å². The van der Waals surface area contributed by atoms with E-state index in [2.05, 4.69) is 29.2 Å². The average Bonchev–Trinajstić information content (AvgIpc) is 2.73. The maximum absolute atomic E-state index is 11.8. The van der Waals surface area contributed by atoms with Crippen LogP contribution in [0.4, 0.5) is 0 Å². The minimum atomic E-state index is -3.03. The summed E-state index contributed by atoms with van der Waals surface area (Å²) >= 11 is 0. The smallest absolute Gasteiger partial charge is 0.154 e. The Morgan fingerprint density at radius 1 is 1.32 bits per heavy atom. The predicted octanol–water partition coefficient (Wildman–Crippen LogP) is 0.847. The third kappa shape index (κ3) is 5.28. The fourth-order valence-electron chi connectivity index (χ4n) is 1.53. The van der Waals surface area contributed by atoms with Gasteiger partial charge in [0.05, 0.1) is 24.1 Å². The van der Waals surface area contributed by atoms with Crippen LogP contribution in [0.2, 0.25) is 0 Å². The number of nitrogens with one attached hydrogen (secondary N) is 1. The molecular formula is C12H24N4O2S. The summed E-state index contributed by atoms with van der Waals surface area (Å²) in [4.78, 5) is 4.15. The minimum absolute atomic E-state index is 0.102. The van der Waals surface area contributed by atoms with Gasteiger partial charge in [0, 0.05) is 0 Å². The maximum Gasteiger partial charge on any atom is 0.154 e. The minimum Gasteiger partial charge on any atom is -0.310 e. The van der Waals surface area contributed by atoms with Gasteiger partial charge in [-0.05, 0) is 26.3 Å². The van der Waals surface area contributed by atoms with Crippen molar-refractivity contribution in [3.05, 3.63) is 12.2 Å². The molecule has 0 aliphatic carbocycles. The quantitative estimate of drug-likeness (QED) is 0.767. The summed E-state index contributed by atoms with van der Waals surface area (Å²) in [7, 11) is -3.03. The molecule has 0 saturated heterocycles. The van der Waals surface area contributed by atoms with E-state index in [4.69, 9.17) is 0 Å². The van der Waals surface area contributed by atoms with Gasteiger partial charge in [0.15, 0.2) is 9.84 Å². The van der Waals surface area contributed by atoms with Gasteiger partial charge < -0.3 is 5.32 Å². The van der Waals surface area contributed by atoms with Gasteiger partial charge in [-0.1, -0.05) is 13.8 Å². The van der Waals surface area contributed by atoms with Crippen molar-refractivity contribution in [2.24, 2.45) is 5.92 Å². The second-order valence-electron chi connectivity index (χ2n) is 5.34. The Hall–Kier alpha value is -0.950. The Morgan fingerprint density at radius 3 is 2.58 bits per heavy atom. The van der Waals surface area contributed by atoms with Gasteiger partial charge in [0.2, 0.25) is 0 Å². The summed E-state index contributed by atoms with van der Waals surface area (Å²) in [6.45, 7) is 9.53. The Kier molecular flexibility index (Phi) is 5.93. The number of sulfone groups is 1. The van der Waals surface area contributed by atoms with E-state index < -0.39 is 9.84 Å². The molecule has 1 aromatic heterocycles. The molecule has 0 aliphatic heterocycles. The highest BCUT2D eigenvalue weighted by molar-refractivity contribution is 7.91. The number of aryl methyl sites for hydroxylation is 1. The van der Waals surface area contributed by atoms with Crippen LogP contribution in [0.15, 0.2) is 6.33 Å². The summed E-state index contributed by atoms with van der Waals surface area (Å²) in [5, 5.41) is 7.00. The molecule has 6 nitrogen and oxygen atoms in total. The van der Waals surface area contributed by atoms with Crippen molar-refractivity contribution < 1.29 is 8.42 Å². The largest absolute Gasteiger partial charge is 0.310 e. The fourth-order valence-corrected chi connectivity index (χ4v) is 2.43. The van der Waals surface area contributed by atoms with E-state index >= 15 is 0 Å². The van der Waals surface area contributed by atoms with E-state index in [-0.39, 0.29) is 11.0 Å². The van der Waals surface area contributed by atoms with Crippen molar-refractivity contribution >= 4 is 9.84 Å². The summed E-state index contributed by atoms with van der Waals surface area (Å²) in [5.41, 5.74) is 0. The summed E-state index contributed by atoms with van der Waals surface area (Å²) in [6, 6.07) is 0. The van der Waals surface area contributed by atoms with E-state index in [9.17, 15) is 8.42 Å². The molecule has 0 aromatic carbocycles. The summed E-state index contributed by atoms with van der Waals surface area (Å²) in [6.07, 6.45) is 1.47. The molecule has 1 rings (SSSR count). The first-order valence-corrected chi connectivity index (χ1v) is 8.33. The van der Waals surface area contributed by atoms with Gasteiger partial charge in [-0.25, -0.2) is 18.1 Å². The molecule has 0 saturated carbocycles. The molecule has 1 heterocycles. The van der Waals surface area contributed by atoms with Gasteiger partial charge in [0.1, 0.15) is 12.2 Å². The molecule has 0 spiro atoms. The monoisotopic (exact) mass is 288 g/mol. The molecule has 0 amide bonds. The number of aromatic nitrogens is 3. The lowest BCUT2D eigenvalue weighted by Crippen LogP contribution is -2.25. The second-order valence-corrected chi connectivity index (χ2v) is 8.02. The molecule has 0 aliphatic rings. The van der Waals surface area contributed by atoms with Crippen LogP contribution in [-0.2, 0) is 22.9 Å². The Balaban J connectivity index is 2.54. The van der Waals surface area contributed by atoms with Crippen LogP contribution in [0.25, 0.3) is 0 Å². The Morgan fingerprint density at radius 2 is 2.00 bits per heavy atom. The van der Waals surface area contributed by atoms with Crippen LogP contribution in [0, 0.1) is 5.92 Å². The first-order chi connectivity index (χ1) is 8.83. The Bertz CT molecular complexity index is 480. The van der Waals surface area contributed by atoms with Crippen LogP contribution >= 0.6 is 0 Å². The fraction of sp³-hybridized carbons (Fsp3) is 0.833. The molecular weight excluding hydrogens is 264 g/mol. The van der Waals surface area contributed by atoms with E-state index in [0.29, 0.717) is 19.0 Å². The average molecular weight is 288 g/mol. The third-order valence-electron chi connectivity index (χ3n) is 2.84. The lowest BCUT2D eigenvalue weighted by molar-refractivity contribution is 0.516. The Labute approximate surface area is 115 Å². The molecule has 7 heteroatoms. The number of rotatable bonds is 8. The van der Waals surface area contributed by atoms with E-state index in [1.54, 1.807) is 18.5 Å². The zero-order valence-corrected chi connectivity index (χ0v) is 12.9. The topological polar surface area (TPSA) is 76.9 Å². The molecule has 110 valence electrons. The standard InChI is InChI=1S/C12H24N4O2S/c1-10(2)7-13-8-12-14-9-15-16(12)5-6-19(17,18)11(3)4/h9-11,13H,5-8H2,1-4H3. The van der Waals surface area contributed by atoms with Crippen molar-refractivity contribution in [3.63, 3.8) is 0 Å². The SMILES string of the molecule is CC(C)CNCc1ncnn1CCS(=O)(=O)C(C)C. The lowest BCUT2D eigenvalue weighted by atomic mass is 10.2. The van der Waals surface area contributed by atoms with Crippen molar-refractivity contribution in [2.45, 2.75) is 46.0 Å². The van der Waals surface area contributed by atoms with Gasteiger partial charge in [-0.3, -0.25) is 0 Å². The highest BCUT2D eigenvalue weighted by Crippen LogP contribution is 2.03. The van der Waals surface area contributed by atoms with Gasteiger partial charge in [-0.15, -0.1) is 0 Å². The van der Waals surface area contributed by atoms with Gasteiger partial charge >= 0.3 is 0 Å². The molecule has 0 unspecified atom stereocenters. The van der Waals surface area contributed by atoms with Gasteiger partial charge in [0.25, 0.3) is 0 Å². The first-order valence-electron chi connectivity index (χ1n) is 6.62. The molecule has 1 aromatic rings. The number of hydrogen-bond acceptors (Lipinski definition) is 5. The molecule has 0 bridgehead atoms. The van der Waals surface area contributed by atoms with E-state index in [0.717, 1.165) is 12.4 Å². The normalized spacial score (nSPS) is 12.5. The number of nitrogens with zero attached hydrogens (tertiary/aromatic N) is 3. The highest BCUT2D eigenvalue weighted by atomic mass is 32.2. The van der Waals surface area contributed by atoms with Crippen LogP contribution in [-0.4, -0.2) is 40.7 Å². The van der Waals surface area contributed by atoms with Gasteiger partial charge in [-0.2, -0.15) is 5.10 Å². The van der Waals surface area contributed by atoms with Crippen LogP contribution in [0.1, 0.15) is 33.5 Å². The second kappa shape index (κ2) is 7.00. The van der Waals surface area contributed by atoms with Crippen LogP contribution in [0.5, 0.6) is 0 Å². The third-order valence-corrected chi connectivity index (χ3v) is 5.03. The van der Waals surface area contributed by atoms with Crippen molar-refractivity contribution in [3.8, 4) is 0 Å². The zero-order valence-electron chi connectivity index (χ0n) is 12.1. The number of hydrogen-bond donors (Lipinski definition) is 1. The van der Waals surface area contributed by atoms with Crippen LogP contribution < -0.4 is 5.32 Å². The maximum atomic E-state index is 11.8. The molecule has 0 radical (unpaired) electrons.